The predicted molar refractivity (Wildman–Crippen MR) is 122 cm³/mol. The molecule has 0 saturated heterocycles. The van der Waals surface area contributed by atoms with Crippen LogP contribution in [0.3, 0.4) is 0 Å². The highest BCUT2D eigenvalue weighted by atomic mass is 16.1. The minimum atomic E-state index is -0.169. The van der Waals surface area contributed by atoms with E-state index in [2.05, 4.69) is 62.4 Å². The molecular formula is C26H39NO. The summed E-state index contributed by atoms with van der Waals surface area (Å²) in [6, 6.07) is 10.2. The number of hydrogen-bond donors (Lipinski definition) is 1. The lowest BCUT2D eigenvalue weighted by Crippen LogP contribution is -2.27. The highest BCUT2D eigenvalue weighted by Crippen LogP contribution is 2.28. The number of benzene rings is 1. The first-order chi connectivity index (χ1) is 13.7. The van der Waals surface area contributed by atoms with Gasteiger partial charge in [-0.05, 0) is 50.0 Å². The van der Waals surface area contributed by atoms with Crippen molar-refractivity contribution < 1.29 is 4.79 Å². The molecule has 1 aromatic carbocycles. The third kappa shape index (κ3) is 10.9. The van der Waals surface area contributed by atoms with E-state index in [0.29, 0.717) is 0 Å². The molecule has 0 saturated carbocycles. The summed E-state index contributed by atoms with van der Waals surface area (Å²) < 4.78 is 0. The summed E-state index contributed by atoms with van der Waals surface area (Å²) in [5.74, 6) is -0.0501. The predicted octanol–water partition coefficient (Wildman–Crippen LogP) is 7.09. The van der Waals surface area contributed by atoms with Crippen LogP contribution in [0.25, 0.3) is 0 Å². The Morgan fingerprint density at radius 2 is 1.50 bits per heavy atom. The van der Waals surface area contributed by atoms with Crippen LogP contribution in [0.4, 0.5) is 0 Å². The van der Waals surface area contributed by atoms with Gasteiger partial charge in [-0.3, -0.25) is 4.79 Å². The Morgan fingerprint density at radius 3 is 2.14 bits per heavy atom. The fourth-order valence-corrected chi connectivity index (χ4v) is 3.43. The molecule has 0 heterocycles. The van der Waals surface area contributed by atoms with E-state index in [-0.39, 0.29) is 17.7 Å². The minimum Gasteiger partial charge on any atom is -0.369 e. The van der Waals surface area contributed by atoms with Gasteiger partial charge in [0.1, 0.15) is 0 Å². The molecule has 0 aliphatic carbocycles. The zero-order chi connectivity index (χ0) is 20.5. The van der Waals surface area contributed by atoms with Gasteiger partial charge in [-0.15, -0.1) is 0 Å². The maximum Gasteiger partial charge on any atom is 0.221 e. The zero-order valence-corrected chi connectivity index (χ0v) is 17.9. The van der Waals surface area contributed by atoms with Crippen LogP contribution in [-0.4, -0.2) is 5.91 Å². The molecule has 2 atom stereocenters. The van der Waals surface area contributed by atoms with E-state index >= 15 is 0 Å². The van der Waals surface area contributed by atoms with Gasteiger partial charge in [-0.25, -0.2) is 0 Å². The van der Waals surface area contributed by atoms with Crippen LogP contribution >= 0.6 is 0 Å². The second-order valence-electron chi connectivity index (χ2n) is 7.49. The van der Waals surface area contributed by atoms with E-state index < -0.39 is 0 Å². The number of nitrogens with two attached hydrogens (primary N) is 1. The molecule has 0 bridgehead atoms. The van der Waals surface area contributed by atoms with Crippen LogP contribution < -0.4 is 5.73 Å². The summed E-state index contributed by atoms with van der Waals surface area (Å²) in [5.41, 5.74) is 6.87. The van der Waals surface area contributed by atoms with Crippen molar-refractivity contribution in [3.05, 3.63) is 72.4 Å². The molecule has 0 fully saturated rings. The number of unbranched alkanes of at least 4 members (excludes halogenated alkanes) is 4. The maximum absolute atomic E-state index is 11.9. The van der Waals surface area contributed by atoms with Crippen LogP contribution in [0.1, 0.15) is 83.1 Å². The van der Waals surface area contributed by atoms with Crippen molar-refractivity contribution in [1.82, 2.24) is 0 Å². The molecule has 154 valence electrons. The van der Waals surface area contributed by atoms with Gasteiger partial charge in [0.15, 0.2) is 0 Å². The van der Waals surface area contributed by atoms with E-state index in [1.807, 2.05) is 18.2 Å². The molecule has 1 aromatic rings. The number of carbonyl (C=O) groups excluding carboxylic acids is 1. The fraction of sp³-hybridized carbons (Fsp3) is 0.500. The highest BCUT2D eigenvalue weighted by molar-refractivity contribution is 5.77. The average molecular weight is 382 g/mol. The first-order valence-corrected chi connectivity index (χ1v) is 11.0. The van der Waals surface area contributed by atoms with Gasteiger partial charge in [0.05, 0.1) is 0 Å². The van der Waals surface area contributed by atoms with Crippen molar-refractivity contribution in [3.63, 3.8) is 0 Å². The lowest BCUT2D eigenvalue weighted by Gasteiger charge is -2.21. The van der Waals surface area contributed by atoms with Crippen molar-refractivity contribution in [2.45, 2.75) is 77.6 Å². The molecule has 2 unspecified atom stereocenters. The Kier molecular flexibility index (Phi) is 13.6. The minimum absolute atomic E-state index is 0.0683. The molecule has 0 aromatic heterocycles. The standard InChI is InChI=1S/C26H39NO/c1-3-4-5-6-7-8-9-10-11-12-13-14-15-19-22-25(26(27)28)23(2)24-20-17-16-18-21-24/h4-5,7-8,10-11,16-18,20-21,23,25H,3,6,9,12-15,19,22H2,1-2H3,(H2,27,28)/b5-4-,8-7-,11-10-. The van der Waals surface area contributed by atoms with E-state index in [0.717, 1.165) is 38.5 Å². The third-order valence-electron chi connectivity index (χ3n) is 5.21. The molecule has 0 radical (unpaired) electrons. The molecule has 2 heteroatoms. The number of hydrogen-bond acceptors (Lipinski definition) is 1. The van der Waals surface area contributed by atoms with E-state index in [4.69, 9.17) is 5.73 Å². The van der Waals surface area contributed by atoms with Crippen LogP contribution in [0.2, 0.25) is 0 Å². The van der Waals surface area contributed by atoms with Crippen LogP contribution in [0, 0.1) is 5.92 Å². The molecule has 1 rings (SSSR count). The van der Waals surface area contributed by atoms with Crippen molar-refractivity contribution in [1.29, 1.82) is 0 Å². The Morgan fingerprint density at radius 1 is 0.893 bits per heavy atom. The number of carbonyl (C=O) groups is 1. The van der Waals surface area contributed by atoms with Gasteiger partial charge in [-0.1, -0.05) is 99.9 Å². The lowest BCUT2D eigenvalue weighted by molar-refractivity contribution is -0.122. The Hall–Kier alpha value is -2.09. The van der Waals surface area contributed by atoms with E-state index in [9.17, 15) is 4.79 Å². The normalized spacial score (nSPS) is 14.2. The molecule has 1 amide bonds. The zero-order valence-electron chi connectivity index (χ0n) is 17.9. The Labute approximate surface area is 172 Å². The van der Waals surface area contributed by atoms with E-state index in [1.165, 1.54) is 24.8 Å². The molecule has 0 spiro atoms. The summed E-state index contributed by atoms with van der Waals surface area (Å²) in [5, 5.41) is 0. The summed E-state index contributed by atoms with van der Waals surface area (Å²) in [4.78, 5) is 11.9. The van der Waals surface area contributed by atoms with Gasteiger partial charge in [0, 0.05) is 5.92 Å². The van der Waals surface area contributed by atoms with E-state index in [1.54, 1.807) is 0 Å². The number of allylic oxidation sites excluding steroid dienone is 6. The Bertz CT molecular complexity index is 600. The molecule has 2 nitrogen and oxygen atoms in total. The highest BCUT2D eigenvalue weighted by Gasteiger charge is 2.23. The number of amides is 1. The van der Waals surface area contributed by atoms with Gasteiger partial charge < -0.3 is 5.73 Å². The quantitative estimate of drug-likeness (QED) is 0.256. The van der Waals surface area contributed by atoms with Crippen molar-refractivity contribution >= 4 is 5.91 Å². The van der Waals surface area contributed by atoms with Crippen LogP contribution in [0.15, 0.2) is 66.8 Å². The second-order valence-corrected chi connectivity index (χ2v) is 7.49. The monoisotopic (exact) mass is 381 g/mol. The summed E-state index contributed by atoms with van der Waals surface area (Å²) in [7, 11) is 0. The Balaban J connectivity index is 2.14. The maximum atomic E-state index is 11.9. The molecule has 0 aliphatic heterocycles. The van der Waals surface area contributed by atoms with Crippen molar-refractivity contribution in [3.8, 4) is 0 Å². The fourth-order valence-electron chi connectivity index (χ4n) is 3.43. The third-order valence-corrected chi connectivity index (χ3v) is 5.21. The van der Waals surface area contributed by atoms with Gasteiger partial charge >= 0.3 is 0 Å². The summed E-state index contributed by atoms with van der Waals surface area (Å²) in [6.07, 6.45) is 23.3. The molecule has 2 N–H and O–H groups in total. The molecular weight excluding hydrogens is 342 g/mol. The van der Waals surface area contributed by atoms with Crippen molar-refractivity contribution in [2.24, 2.45) is 11.7 Å². The summed E-state index contributed by atoms with van der Waals surface area (Å²) >= 11 is 0. The molecule has 28 heavy (non-hydrogen) atoms. The average Bonchev–Trinajstić information content (AvgIpc) is 2.71. The first kappa shape index (κ1) is 23.9. The lowest BCUT2D eigenvalue weighted by atomic mass is 9.83. The first-order valence-electron chi connectivity index (χ1n) is 11.0. The topological polar surface area (TPSA) is 43.1 Å². The van der Waals surface area contributed by atoms with Crippen molar-refractivity contribution in [2.75, 3.05) is 0 Å². The van der Waals surface area contributed by atoms with Gasteiger partial charge in [-0.2, -0.15) is 0 Å². The largest absolute Gasteiger partial charge is 0.369 e. The number of primary amides is 1. The number of rotatable bonds is 15. The summed E-state index contributed by atoms with van der Waals surface area (Å²) in [6.45, 7) is 4.27. The van der Waals surface area contributed by atoms with Gasteiger partial charge in [0.2, 0.25) is 5.91 Å². The van der Waals surface area contributed by atoms with Crippen LogP contribution in [-0.2, 0) is 4.79 Å². The SMILES string of the molecule is CC/C=C\C/C=C\C/C=C\CCCCCCC(C(N)=O)C(C)c1ccccc1. The smallest absolute Gasteiger partial charge is 0.221 e. The second kappa shape index (κ2) is 15.9. The van der Waals surface area contributed by atoms with Gasteiger partial charge in [0.25, 0.3) is 0 Å². The molecule has 0 aliphatic rings. The van der Waals surface area contributed by atoms with Crippen LogP contribution in [0.5, 0.6) is 0 Å².